The number of nitrogens with one attached hydrogen (secondary N) is 1. The summed E-state index contributed by atoms with van der Waals surface area (Å²) in [6.45, 7) is 4.02. The van der Waals surface area contributed by atoms with Crippen molar-refractivity contribution in [3.8, 4) is 0 Å². The number of aliphatic imine (C=N–C) groups is 2. The number of carbonyl (C=O) groups excluding carboxylic acids is 2. The highest BCUT2D eigenvalue weighted by molar-refractivity contribution is 6.24. The molecule has 1 unspecified atom stereocenters. The van der Waals surface area contributed by atoms with E-state index in [0.29, 0.717) is 0 Å². The summed E-state index contributed by atoms with van der Waals surface area (Å²) in [5.41, 5.74) is 11.0. The fraction of sp³-hybridized carbons (Fsp3) is 0.167. The van der Waals surface area contributed by atoms with Gasteiger partial charge in [-0.05, 0) is 24.1 Å². The number of ether oxygens (including phenoxy) is 1. The van der Waals surface area contributed by atoms with E-state index in [4.69, 9.17) is 16.2 Å². The third kappa shape index (κ3) is 3.02. The topological polar surface area (TPSA) is 132 Å². The van der Waals surface area contributed by atoms with Gasteiger partial charge in [0.2, 0.25) is 0 Å². The van der Waals surface area contributed by atoms with Crippen molar-refractivity contribution in [3.05, 3.63) is 65.8 Å². The van der Waals surface area contributed by atoms with Crippen LogP contribution in [0.15, 0.2) is 63.3 Å². The van der Waals surface area contributed by atoms with Gasteiger partial charge in [0.15, 0.2) is 11.3 Å². The summed E-state index contributed by atoms with van der Waals surface area (Å²) in [6, 6.07) is 9.25. The summed E-state index contributed by atoms with van der Waals surface area (Å²) in [7, 11) is 0. The molecule has 3 rings (SSSR count). The summed E-state index contributed by atoms with van der Waals surface area (Å²) >= 11 is 0. The number of benzene rings is 1. The number of hydrogen-bond acceptors (Lipinski definition) is 7. The minimum atomic E-state index is -1.81. The molecule has 26 heavy (non-hydrogen) atoms. The molecular weight excluding hydrogens is 334 g/mol. The maximum atomic E-state index is 12.7. The molecule has 1 heterocycles. The molecule has 0 bridgehead atoms. The summed E-state index contributed by atoms with van der Waals surface area (Å²) in [5.74, 6) is -1.25. The Morgan fingerprint density at radius 2 is 2.08 bits per heavy atom. The zero-order valence-corrected chi connectivity index (χ0v) is 13.9. The van der Waals surface area contributed by atoms with E-state index in [9.17, 15) is 9.59 Å². The normalized spacial score (nSPS) is 22.5. The molecule has 1 amide bonds. The lowest BCUT2D eigenvalue weighted by Crippen LogP contribution is -2.63. The van der Waals surface area contributed by atoms with E-state index in [0.717, 1.165) is 5.56 Å². The van der Waals surface area contributed by atoms with Crippen LogP contribution in [0.4, 0.5) is 0 Å². The number of ketones is 1. The predicted molar refractivity (Wildman–Crippen MR) is 96.7 cm³/mol. The molecule has 0 spiro atoms. The summed E-state index contributed by atoms with van der Waals surface area (Å²) in [6.07, 6.45) is 2.46. The fourth-order valence-electron chi connectivity index (χ4n) is 2.76. The van der Waals surface area contributed by atoms with Gasteiger partial charge in [0, 0.05) is 0 Å². The van der Waals surface area contributed by atoms with Crippen molar-refractivity contribution < 1.29 is 14.3 Å². The number of rotatable bonds is 5. The molecule has 0 fully saturated rings. The third-order valence-corrected chi connectivity index (χ3v) is 4.05. The van der Waals surface area contributed by atoms with Gasteiger partial charge in [-0.1, -0.05) is 30.3 Å². The van der Waals surface area contributed by atoms with Crippen molar-refractivity contribution >= 4 is 23.9 Å². The van der Waals surface area contributed by atoms with Crippen LogP contribution in [-0.2, 0) is 20.9 Å². The Morgan fingerprint density at radius 3 is 2.69 bits per heavy atom. The number of hydrogen-bond donors (Lipinski definition) is 3. The van der Waals surface area contributed by atoms with Crippen LogP contribution in [0.3, 0.4) is 0 Å². The van der Waals surface area contributed by atoms with Gasteiger partial charge in [-0.2, -0.15) is 0 Å². The van der Waals surface area contributed by atoms with E-state index in [1.165, 1.54) is 12.4 Å². The molecule has 1 aliphatic heterocycles. The average molecular weight is 352 g/mol. The van der Waals surface area contributed by atoms with Gasteiger partial charge >= 0.3 is 0 Å². The molecule has 0 aromatic heterocycles. The summed E-state index contributed by atoms with van der Waals surface area (Å²) in [5, 5.41) is 2.85. The number of nitrogens with zero attached hydrogens (tertiary/aromatic N) is 2. The van der Waals surface area contributed by atoms with E-state index < -0.39 is 17.2 Å². The zero-order valence-electron chi connectivity index (χ0n) is 13.9. The Labute approximate surface area is 150 Å². The minimum absolute atomic E-state index is 0.0324. The van der Waals surface area contributed by atoms with Crippen LogP contribution in [0, 0.1) is 6.92 Å². The van der Waals surface area contributed by atoms with Crippen LogP contribution < -0.4 is 16.8 Å². The number of carbonyl (C=O) groups is 2. The Kier molecular flexibility index (Phi) is 4.68. The first kappa shape index (κ1) is 17.6. The van der Waals surface area contributed by atoms with Gasteiger partial charge in [-0.25, -0.2) is 4.99 Å². The second-order valence-corrected chi connectivity index (χ2v) is 5.80. The summed E-state index contributed by atoms with van der Waals surface area (Å²) < 4.78 is 5.84. The first-order valence-electron chi connectivity index (χ1n) is 7.83. The summed E-state index contributed by atoms with van der Waals surface area (Å²) in [4.78, 5) is 32.7. The molecule has 0 saturated carbocycles. The van der Waals surface area contributed by atoms with E-state index in [-0.39, 0.29) is 36.0 Å². The molecule has 1 atom stereocenters. The Morgan fingerprint density at radius 1 is 1.35 bits per heavy atom. The molecule has 1 radical (unpaired) electrons. The van der Waals surface area contributed by atoms with Crippen LogP contribution >= 0.6 is 0 Å². The number of amidine groups is 1. The van der Waals surface area contributed by atoms with Crippen molar-refractivity contribution in [2.75, 3.05) is 6.67 Å². The minimum Gasteiger partial charge on any atom is -0.489 e. The molecule has 8 nitrogen and oxygen atoms in total. The second-order valence-electron chi connectivity index (χ2n) is 5.80. The van der Waals surface area contributed by atoms with Gasteiger partial charge in [-0.3, -0.25) is 14.6 Å². The average Bonchev–Trinajstić information content (AvgIpc) is 2.64. The maximum absolute atomic E-state index is 12.7. The molecule has 133 valence electrons. The van der Waals surface area contributed by atoms with Crippen molar-refractivity contribution in [3.63, 3.8) is 0 Å². The van der Waals surface area contributed by atoms with Crippen molar-refractivity contribution in [1.82, 2.24) is 5.32 Å². The van der Waals surface area contributed by atoms with Crippen molar-refractivity contribution in [1.29, 1.82) is 0 Å². The molecule has 1 aliphatic carbocycles. The van der Waals surface area contributed by atoms with E-state index in [2.05, 4.69) is 22.2 Å². The van der Waals surface area contributed by atoms with E-state index in [1.54, 1.807) is 0 Å². The molecule has 1 aromatic rings. The maximum Gasteiger partial charge on any atom is 0.252 e. The van der Waals surface area contributed by atoms with Crippen LogP contribution in [0.2, 0.25) is 0 Å². The highest BCUT2D eigenvalue weighted by Crippen LogP contribution is 2.32. The Hall–Kier alpha value is -3.26. The van der Waals surface area contributed by atoms with Gasteiger partial charge in [0.25, 0.3) is 5.91 Å². The lowest BCUT2D eigenvalue weighted by Gasteiger charge is -2.35. The van der Waals surface area contributed by atoms with Crippen molar-refractivity contribution in [2.45, 2.75) is 12.1 Å². The molecule has 2 aliphatic rings. The highest BCUT2D eigenvalue weighted by atomic mass is 16.5. The lowest BCUT2D eigenvalue weighted by atomic mass is 9.80. The Bertz CT molecular complexity index is 870. The van der Waals surface area contributed by atoms with E-state index >= 15 is 0 Å². The molecule has 5 N–H and O–H groups in total. The second kappa shape index (κ2) is 6.93. The predicted octanol–water partition coefficient (Wildman–Crippen LogP) is -0.0292. The first-order valence-corrected chi connectivity index (χ1v) is 7.83. The molecule has 1 aromatic carbocycles. The van der Waals surface area contributed by atoms with Gasteiger partial charge in [-0.15, -0.1) is 0 Å². The first-order chi connectivity index (χ1) is 12.4. The number of nitrogens with two attached hydrogens (primary N) is 2. The lowest BCUT2D eigenvalue weighted by molar-refractivity contribution is -0.118. The molecular formula is C18H18N5O3. The van der Waals surface area contributed by atoms with Crippen molar-refractivity contribution in [2.24, 2.45) is 21.5 Å². The molecule has 0 saturated heterocycles. The standard InChI is InChI=1S/C18H18N5O3/c1-11-7-13(24)18(20,17-22-9-21-10-23-17)15(14(11)16(19)25)26-8-12-5-3-2-4-6-12/h2-7,9H,1,8,10,20H2,(H2,19,25)(H,21,22,23). The van der Waals surface area contributed by atoms with Crippen LogP contribution in [0.25, 0.3) is 0 Å². The van der Waals surface area contributed by atoms with Crippen LogP contribution in [0.5, 0.6) is 0 Å². The van der Waals surface area contributed by atoms with Crippen LogP contribution in [0.1, 0.15) is 5.56 Å². The van der Waals surface area contributed by atoms with Gasteiger partial charge in [0.05, 0.1) is 5.57 Å². The third-order valence-electron chi connectivity index (χ3n) is 4.05. The highest BCUT2D eigenvalue weighted by Gasteiger charge is 2.49. The smallest absolute Gasteiger partial charge is 0.252 e. The fourth-order valence-corrected chi connectivity index (χ4v) is 2.76. The van der Waals surface area contributed by atoms with Crippen LogP contribution in [-0.4, -0.2) is 36.1 Å². The molecule has 8 heteroatoms. The quantitative estimate of drug-likeness (QED) is 0.684. The van der Waals surface area contributed by atoms with Gasteiger partial charge in [0.1, 0.15) is 31.2 Å². The number of primary amides is 1. The monoisotopic (exact) mass is 352 g/mol. The largest absolute Gasteiger partial charge is 0.489 e. The Balaban J connectivity index is 2.08. The van der Waals surface area contributed by atoms with E-state index in [1.807, 2.05) is 30.3 Å². The zero-order chi connectivity index (χ0) is 18.7. The SMILES string of the molecule is [CH2]C1=CC(=O)C(N)(C2=NC=NCN2)C(OCc2ccccc2)=C1C(N)=O. The number of amides is 1. The van der Waals surface area contributed by atoms with Gasteiger partial charge < -0.3 is 21.5 Å².